The number of nitrogens with zero attached hydrogens (tertiary/aromatic N) is 2. The predicted octanol–water partition coefficient (Wildman–Crippen LogP) is 14.8. The van der Waals surface area contributed by atoms with E-state index >= 15 is 0 Å². The van der Waals surface area contributed by atoms with Crippen LogP contribution in [0.15, 0.2) is 211 Å². The molecule has 57 heavy (non-hydrogen) atoms. The maximum Gasteiger partial charge on any atom is 0.136 e. The Kier molecular flexibility index (Phi) is 6.93. The van der Waals surface area contributed by atoms with Crippen LogP contribution in [-0.2, 0) is 0 Å². The molecule has 0 aliphatic carbocycles. The van der Waals surface area contributed by atoms with Crippen LogP contribution in [0, 0.1) is 0 Å². The van der Waals surface area contributed by atoms with Crippen molar-refractivity contribution in [3.8, 4) is 44.8 Å². The van der Waals surface area contributed by atoms with Crippen LogP contribution >= 0.6 is 0 Å². The maximum atomic E-state index is 6.45. The third-order valence-electron chi connectivity index (χ3n) is 11.7. The molecule has 266 valence electrons. The summed E-state index contributed by atoms with van der Waals surface area (Å²) in [6.07, 6.45) is 0. The second-order valence-electron chi connectivity index (χ2n) is 14.9. The Balaban J connectivity index is 1.06. The van der Waals surface area contributed by atoms with Crippen LogP contribution in [0.1, 0.15) is 0 Å². The lowest BCUT2D eigenvalue weighted by Gasteiger charge is -2.11. The second-order valence-corrected chi connectivity index (χ2v) is 14.9. The highest BCUT2D eigenvalue weighted by Gasteiger charge is 2.20. The van der Waals surface area contributed by atoms with E-state index in [4.69, 9.17) is 4.42 Å². The van der Waals surface area contributed by atoms with Crippen molar-refractivity contribution in [1.82, 2.24) is 9.13 Å². The van der Waals surface area contributed by atoms with Gasteiger partial charge in [0.15, 0.2) is 0 Å². The van der Waals surface area contributed by atoms with Crippen molar-refractivity contribution in [2.45, 2.75) is 0 Å². The van der Waals surface area contributed by atoms with Crippen molar-refractivity contribution in [3.05, 3.63) is 206 Å². The Morgan fingerprint density at radius 1 is 0.263 bits per heavy atom. The van der Waals surface area contributed by atoms with Crippen LogP contribution in [0.4, 0.5) is 0 Å². The van der Waals surface area contributed by atoms with Gasteiger partial charge in [0.25, 0.3) is 0 Å². The Labute approximate surface area is 328 Å². The molecule has 3 heterocycles. The average molecular weight is 727 g/mol. The maximum absolute atomic E-state index is 6.45. The van der Waals surface area contributed by atoms with Crippen LogP contribution in [0.3, 0.4) is 0 Å². The summed E-state index contributed by atoms with van der Waals surface area (Å²) in [6, 6.07) is 74.4. The summed E-state index contributed by atoms with van der Waals surface area (Å²) < 4.78 is 11.3. The van der Waals surface area contributed by atoms with E-state index in [1.165, 1.54) is 66.0 Å². The first-order chi connectivity index (χ1) is 28.3. The summed E-state index contributed by atoms with van der Waals surface area (Å²) in [5.41, 5.74) is 16.0. The van der Waals surface area contributed by atoms with Gasteiger partial charge in [-0.1, -0.05) is 133 Å². The van der Waals surface area contributed by atoms with E-state index in [0.29, 0.717) is 0 Å². The first kappa shape index (κ1) is 31.7. The van der Waals surface area contributed by atoms with E-state index in [0.717, 1.165) is 44.3 Å². The van der Waals surface area contributed by atoms with Gasteiger partial charge in [-0.15, -0.1) is 0 Å². The van der Waals surface area contributed by atoms with E-state index in [1.54, 1.807) is 0 Å². The number of hydrogen-bond donors (Lipinski definition) is 0. The van der Waals surface area contributed by atoms with Gasteiger partial charge in [0, 0.05) is 43.7 Å². The fourth-order valence-corrected chi connectivity index (χ4v) is 9.10. The molecule has 0 saturated carbocycles. The lowest BCUT2D eigenvalue weighted by molar-refractivity contribution is 0.669. The molecule has 0 radical (unpaired) electrons. The number of aromatic nitrogens is 2. The number of furan rings is 1. The van der Waals surface area contributed by atoms with Crippen LogP contribution < -0.4 is 0 Å². The summed E-state index contributed by atoms with van der Waals surface area (Å²) in [6.45, 7) is 0. The van der Waals surface area contributed by atoms with E-state index in [9.17, 15) is 0 Å². The van der Waals surface area contributed by atoms with Gasteiger partial charge in [-0.3, -0.25) is 0 Å². The van der Waals surface area contributed by atoms with Gasteiger partial charge in [-0.05, 0) is 106 Å². The quantitative estimate of drug-likeness (QED) is 0.173. The minimum atomic E-state index is 0.901. The first-order valence-electron chi connectivity index (χ1n) is 19.5. The standard InChI is InChI=1S/C54H34N2O/c1-3-12-35(13-4-1)37-22-26-41(27-23-37)55-49-29-25-40(34-46(49)53-50(55)30-31-52-54(53)44-19-8-10-21-51(44)57-52)39-24-28-48-45(33-39)43-18-7-9-20-47(43)56(48)42-17-11-16-38(32-42)36-14-5-2-6-15-36/h1-34H. The van der Waals surface area contributed by atoms with Crippen molar-refractivity contribution in [3.63, 3.8) is 0 Å². The molecule has 0 unspecified atom stereocenters. The highest BCUT2D eigenvalue weighted by Crippen LogP contribution is 2.43. The number of fused-ring (bicyclic) bond motifs is 10. The lowest BCUT2D eigenvalue weighted by atomic mass is 9.99. The molecule has 0 aliphatic heterocycles. The van der Waals surface area contributed by atoms with Crippen molar-refractivity contribution in [2.75, 3.05) is 0 Å². The van der Waals surface area contributed by atoms with E-state index in [-0.39, 0.29) is 0 Å². The molecule has 0 fully saturated rings. The van der Waals surface area contributed by atoms with Crippen molar-refractivity contribution < 1.29 is 4.42 Å². The van der Waals surface area contributed by atoms with Gasteiger partial charge < -0.3 is 13.6 Å². The monoisotopic (exact) mass is 726 g/mol. The van der Waals surface area contributed by atoms with Gasteiger partial charge in [0.2, 0.25) is 0 Å². The van der Waals surface area contributed by atoms with Crippen molar-refractivity contribution >= 4 is 65.6 Å². The Morgan fingerprint density at radius 3 is 1.56 bits per heavy atom. The third kappa shape index (κ3) is 4.92. The van der Waals surface area contributed by atoms with Gasteiger partial charge in [0.1, 0.15) is 11.2 Å². The number of para-hydroxylation sites is 2. The van der Waals surface area contributed by atoms with Crippen molar-refractivity contribution in [1.29, 1.82) is 0 Å². The smallest absolute Gasteiger partial charge is 0.136 e. The molecule has 0 aliphatic rings. The second kappa shape index (κ2) is 12.5. The molecular formula is C54H34N2O. The Hall–Kier alpha value is -7.62. The van der Waals surface area contributed by atoms with Crippen LogP contribution in [-0.4, -0.2) is 9.13 Å². The summed E-state index contributed by atoms with van der Waals surface area (Å²) >= 11 is 0. The molecule has 0 saturated heterocycles. The molecule has 3 nitrogen and oxygen atoms in total. The highest BCUT2D eigenvalue weighted by molar-refractivity contribution is 6.27. The first-order valence-corrected chi connectivity index (χ1v) is 19.5. The fraction of sp³-hybridized carbons (Fsp3) is 0. The van der Waals surface area contributed by atoms with Gasteiger partial charge >= 0.3 is 0 Å². The Bertz CT molecular complexity index is 3490. The molecule has 3 heteroatoms. The normalized spacial score (nSPS) is 11.9. The summed E-state index contributed by atoms with van der Waals surface area (Å²) in [5.74, 6) is 0. The van der Waals surface area contributed by atoms with Gasteiger partial charge in [-0.2, -0.15) is 0 Å². The molecule has 0 bridgehead atoms. The van der Waals surface area contributed by atoms with Crippen LogP contribution in [0.5, 0.6) is 0 Å². The van der Waals surface area contributed by atoms with Gasteiger partial charge in [0.05, 0.1) is 22.1 Å². The predicted molar refractivity (Wildman–Crippen MR) is 239 cm³/mol. The molecule has 0 atom stereocenters. The molecule has 0 spiro atoms. The Morgan fingerprint density at radius 2 is 0.789 bits per heavy atom. The molecule has 9 aromatic carbocycles. The highest BCUT2D eigenvalue weighted by atomic mass is 16.3. The lowest BCUT2D eigenvalue weighted by Crippen LogP contribution is -1.94. The van der Waals surface area contributed by atoms with E-state index < -0.39 is 0 Å². The van der Waals surface area contributed by atoms with Gasteiger partial charge in [-0.25, -0.2) is 0 Å². The summed E-state index contributed by atoms with van der Waals surface area (Å²) in [4.78, 5) is 0. The molecule has 3 aromatic heterocycles. The minimum Gasteiger partial charge on any atom is -0.456 e. The van der Waals surface area contributed by atoms with E-state index in [1.807, 2.05) is 6.07 Å². The third-order valence-corrected chi connectivity index (χ3v) is 11.7. The SMILES string of the molecule is c1ccc(-c2ccc(-n3c4ccc(-c5ccc6c(c5)c5ccccc5n6-c5cccc(-c6ccccc6)c5)cc4c4c5c(ccc43)oc3ccccc35)cc2)cc1. The molecule has 0 N–H and O–H groups in total. The summed E-state index contributed by atoms with van der Waals surface area (Å²) in [7, 11) is 0. The van der Waals surface area contributed by atoms with Crippen LogP contribution in [0.2, 0.25) is 0 Å². The van der Waals surface area contributed by atoms with Crippen molar-refractivity contribution in [2.24, 2.45) is 0 Å². The molecular weight excluding hydrogens is 693 g/mol. The zero-order chi connectivity index (χ0) is 37.5. The fourth-order valence-electron chi connectivity index (χ4n) is 9.10. The number of rotatable bonds is 5. The molecule has 0 amide bonds. The van der Waals surface area contributed by atoms with Crippen LogP contribution in [0.25, 0.3) is 110 Å². The minimum absolute atomic E-state index is 0.901. The number of benzene rings is 9. The summed E-state index contributed by atoms with van der Waals surface area (Å²) in [5, 5.41) is 7.17. The zero-order valence-electron chi connectivity index (χ0n) is 30.9. The molecule has 12 aromatic rings. The zero-order valence-corrected chi connectivity index (χ0v) is 30.9. The topological polar surface area (TPSA) is 23.0 Å². The number of hydrogen-bond acceptors (Lipinski definition) is 1. The average Bonchev–Trinajstić information content (AvgIpc) is 3.94. The molecule has 12 rings (SSSR count). The largest absolute Gasteiger partial charge is 0.456 e. The van der Waals surface area contributed by atoms with E-state index in [2.05, 4.69) is 209 Å².